The molecule has 0 aromatic carbocycles. The van der Waals surface area contributed by atoms with Gasteiger partial charge >= 0.3 is 17.7 Å². The van der Waals surface area contributed by atoms with Crippen LogP contribution in [0, 0.1) is 10.1 Å². The highest BCUT2D eigenvalue weighted by Gasteiger charge is 2.30. The van der Waals surface area contributed by atoms with E-state index in [1.165, 1.54) is 0 Å². The Bertz CT molecular complexity index is 492. The Hall–Kier alpha value is -2.32. The van der Waals surface area contributed by atoms with Crippen LogP contribution in [0.2, 0.25) is 0 Å². The predicted octanol–water partition coefficient (Wildman–Crippen LogP) is 1.72. The van der Waals surface area contributed by atoms with Crippen LogP contribution in [0.5, 0.6) is 5.88 Å². The zero-order valence-corrected chi connectivity index (χ0v) is 9.35. The lowest BCUT2D eigenvalue weighted by Crippen LogP contribution is -2.10. The van der Waals surface area contributed by atoms with Gasteiger partial charge in [0, 0.05) is 4.98 Å². The smallest absolute Gasteiger partial charge is 0.382 e. The number of methoxy groups -OCH3 is 2. The van der Waals surface area contributed by atoms with E-state index in [1.54, 1.807) is 0 Å². The summed E-state index contributed by atoms with van der Waals surface area (Å²) >= 11 is 0. The van der Waals surface area contributed by atoms with E-state index in [-0.39, 0.29) is 0 Å². The van der Waals surface area contributed by atoms with E-state index >= 15 is 0 Å². The minimum atomic E-state index is -2.99. The molecule has 1 aromatic rings. The van der Waals surface area contributed by atoms with Crippen LogP contribution in [0.3, 0.4) is 0 Å². The van der Waals surface area contributed by atoms with Gasteiger partial charge < -0.3 is 19.6 Å². The van der Waals surface area contributed by atoms with Crippen LogP contribution in [0.1, 0.15) is 22.3 Å². The van der Waals surface area contributed by atoms with E-state index in [0.717, 1.165) is 14.2 Å². The molecule has 1 aromatic heterocycles. The molecule has 0 aliphatic heterocycles. The second-order valence-corrected chi connectivity index (χ2v) is 3.01. The van der Waals surface area contributed by atoms with Gasteiger partial charge in [-0.15, -0.1) is 0 Å². The second-order valence-electron chi connectivity index (χ2n) is 3.01. The van der Waals surface area contributed by atoms with Gasteiger partial charge in [0.25, 0.3) is 6.43 Å². The van der Waals surface area contributed by atoms with Gasteiger partial charge in [-0.05, 0) is 11.0 Å². The lowest BCUT2D eigenvalue weighted by atomic mass is 10.2. The van der Waals surface area contributed by atoms with Crippen molar-refractivity contribution in [1.82, 2.24) is 4.98 Å². The molecule has 7 nitrogen and oxygen atoms in total. The third-order valence-corrected chi connectivity index (χ3v) is 2.00. The molecule has 0 aliphatic carbocycles. The molecule has 1 heterocycles. The van der Waals surface area contributed by atoms with Crippen LogP contribution >= 0.6 is 0 Å². The largest absolute Gasteiger partial charge is 0.465 e. The summed E-state index contributed by atoms with van der Waals surface area (Å²) in [6.07, 6.45) is -2.99. The second kappa shape index (κ2) is 5.34. The Morgan fingerprint density at radius 2 is 2.11 bits per heavy atom. The summed E-state index contributed by atoms with van der Waals surface area (Å²) < 4.78 is 34.1. The molecule has 98 valence electrons. The standard InChI is InChI=1S/C9H8F2N2O5/c1-17-8-4(6(10)11)3-5(9(14)18-2)7(12-8)13(15)16/h3,6H,1-2H3. The van der Waals surface area contributed by atoms with Crippen LogP contribution in [0.25, 0.3) is 0 Å². The molecule has 0 atom stereocenters. The van der Waals surface area contributed by atoms with Crippen LogP contribution in [0.4, 0.5) is 14.6 Å². The van der Waals surface area contributed by atoms with Crippen molar-refractivity contribution in [2.45, 2.75) is 6.43 Å². The van der Waals surface area contributed by atoms with Crippen molar-refractivity contribution < 1.29 is 28.0 Å². The molecule has 1 rings (SSSR count). The van der Waals surface area contributed by atoms with Crippen molar-refractivity contribution in [3.63, 3.8) is 0 Å². The van der Waals surface area contributed by atoms with E-state index in [2.05, 4.69) is 14.5 Å². The van der Waals surface area contributed by atoms with Gasteiger partial charge in [0.1, 0.15) is 5.56 Å². The maximum absolute atomic E-state index is 12.7. The number of carbonyl (C=O) groups excluding carboxylic acids is 1. The molecular weight excluding hydrogens is 254 g/mol. The molecule has 0 fully saturated rings. The van der Waals surface area contributed by atoms with E-state index in [9.17, 15) is 23.7 Å². The summed E-state index contributed by atoms with van der Waals surface area (Å²) in [5.41, 5.74) is -1.37. The Balaban J connectivity index is 3.52. The quantitative estimate of drug-likeness (QED) is 0.466. The molecule has 0 unspecified atom stereocenters. The number of nitrogens with zero attached hydrogens (tertiary/aromatic N) is 2. The molecule has 0 spiro atoms. The maximum Gasteiger partial charge on any atom is 0.382 e. The Labute approximate surface area is 99.5 Å². The first-order valence-corrected chi connectivity index (χ1v) is 4.52. The highest BCUT2D eigenvalue weighted by Crippen LogP contribution is 2.32. The van der Waals surface area contributed by atoms with Crippen molar-refractivity contribution in [3.05, 3.63) is 27.3 Å². The van der Waals surface area contributed by atoms with Crippen molar-refractivity contribution >= 4 is 11.8 Å². The van der Waals surface area contributed by atoms with Crippen molar-refractivity contribution in [2.24, 2.45) is 0 Å². The van der Waals surface area contributed by atoms with E-state index < -0.39 is 40.1 Å². The predicted molar refractivity (Wildman–Crippen MR) is 53.7 cm³/mol. The number of esters is 1. The van der Waals surface area contributed by atoms with Gasteiger partial charge in [0.15, 0.2) is 5.56 Å². The molecule has 18 heavy (non-hydrogen) atoms. The number of hydrogen-bond acceptors (Lipinski definition) is 6. The van der Waals surface area contributed by atoms with Crippen molar-refractivity contribution in [3.8, 4) is 5.88 Å². The van der Waals surface area contributed by atoms with Gasteiger partial charge in [-0.3, -0.25) is 0 Å². The van der Waals surface area contributed by atoms with Gasteiger partial charge in [-0.2, -0.15) is 0 Å². The van der Waals surface area contributed by atoms with Gasteiger partial charge in [0.05, 0.1) is 14.2 Å². The van der Waals surface area contributed by atoms with Crippen LogP contribution in [0.15, 0.2) is 6.07 Å². The monoisotopic (exact) mass is 262 g/mol. The topological polar surface area (TPSA) is 91.6 Å². The lowest BCUT2D eigenvalue weighted by Gasteiger charge is -2.06. The third-order valence-electron chi connectivity index (χ3n) is 2.00. The molecular formula is C9H8F2N2O5. The first-order valence-electron chi connectivity index (χ1n) is 4.52. The Morgan fingerprint density at radius 3 is 2.50 bits per heavy atom. The number of halogens is 2. The average Bonchev–Trinajstić information content (AvgIpc) is 2.35. The van der Waals surface area contributed by atoms with Gasteiger partial charge in [0.2, 0.25) is 0 Å². The van der Waals surface area contributed by atoms with Crippen LogP contribution < -0.4 is 4.74 Å². The molecule has 0 radical (unpaired) electrons. The third kappa shape index (κ3) is 2.50. The van der Waals surface area contributed by atoms with Crippen molar-refractivity contribution in [2.75, 3.05) is 14.2 Å². The van der Waals surface area contributed by atoms with E-state index in [0.29, 0.717) is 6.07 Å². The first-order chi connectivity index (χ1) is 8.42. The minimum Gasteiger partial charge on any atom is -0.465 e. The Morgan fingerprint density at radius 1 is 1.50 bits per heavy atom. The van der Waals surface area contributed by atoms with Crippen LogP contribution in [-0.4, -0.2) is 30.1 Å². The zero-order valence-electron chi connectivity index (χ0n) is 9.35. The van der Waals surface area contributed by atoms with E-state index in [4.69, 9.17) is 0 Å². The highest BCUT2D eigenvalue weighted by molar-refractivity contribution is 5.93. The summed E-state index contributed by atoms with van der Waals surface area (Å²) in [6.45, 7) is 0. The molecule has 0 amide bonds. The zero-order chi connectivity index (χ0) is 13.9. The van der Waals surface area contributed by atoms with Crippen LogP contribution in [-0.2, 0) is 4.74 Å². The van der Waals surface area contributed by atoms with Gasteiger partial charge in [-0.25, -0.2) is 13.6 Å². The number of carbonyl (C=O) groups is 1. The maximum atomic E-state index is 12.7. The van der Waals surface area contributed by atoms with Gasteiger partial charge in [-0.1, -0.05) is 0 Å². The lowest BCUT2D eigenvalue weighted by molar-refractivity contribution is -0.390. The fourth-order valence-corrected chi connectivity index (χ4v) is 1.22. The molecule has 0 saturated heterocycles. The summed E-state index contributed by atoms with van der Waals surface area (Å²) in [4.78, 5) is 24.2. The normalized spacial score (nSPS) is 10.3. The molecule has 9 heteroatoms. The summed E-state index contributed by atoms with van der Waals surface area (Å²) in [7, 11) is 2.01. The van der Waals surface area contributed by atoms with Crippen molar-refractivity contribution in [1.29, 1.82) is 0 Å². The fourth-order valence-electron chi connectivity index (χ4n) is 1.22. The minimum absolute atomic E-state index is 0.607. The fraction of sp³-hybridized carbons (Fsp3) is 0.333. The number of pyridine rings is 1. The summed E-state index contributed by atoms with van der Waals surface area (Å²) in [6, 6.07) is 0.639. The summed E-state index contributed by atoms with van der Waals surface area (Å²) in [5, 5.41) is 10.7. The number of hydrogen-bond donors (Lipinski definition) is 0. The highest BCUT2D eigenvalue weighted by atomic mass is 19.3. The molecule has 0 saturated carbocycles. The number of rotatable bonds is 4. The molecule has 0 aliphatic rings. The first kappa shape index (κ1) is 13.7. The van der Waals surface area contributed by atoms with E-state index in [1.807, 2.05) is 0 Å². The average molecular weight is 262 g/mol. The number of alkyl halides is 2. The Kier molecular flexibility index (Phi) is 4.08. The molecule has 0 N–H and O–H groups in total. The number of ether oxygens (including phenoxy) is 2. The number of aromatic nitrogens is 1. The summed E-state index contributed by atoms with van der Waals surface area (Å²) in [5.74, 6) is -2.63. The SMILES string of the molecule is COC(=O)c1cc(C(F)F)c(OC)nc1[N+](=O)[O-]. The number of nitro groups is 1. The molecule has 0 bridgehead atoms.